The van der Waals surface area contributed by atoms with Gasteiger partial charge in [-0.1, -0.05) is 34.1 Å². The van der Waals surface area contributed by atoms with Gasteiger partial charge in [0.25, 0.3) is 0 Å². The molecular weight excluding hydrogens is 372 g/mol. The summed E-state index contributed by atoms with van der Waals surface area (Å²) in [6.45, 7) is 3.17. The molecule has 2 aromatic carbocycles. The molecule has 1 atom stereocenters. The van der Waals surface area contributed by atoms with Gasteiger partial charge in [-0.25, -0.2) is 0 Å². The average Bonchev–Trinajstić information content (AvgIpc) is 2.59. The van der Waals surface area contributed by atoms with Crippen LogP contribution in [0.1, 0.15) is 18.1 Å². The molecule has 2 aromatic rings. The van der Waals surface area contributed by atoms with E-state index in [-0.39, 0.29) is 5.91 Å². The lowest BCUT2D eigenvalue weighted by Crippen LogP contribution is -2.48. The van der Waals surface area contributed by atoms with Crippen LogP contribution in [0.3, 0.4) is 0 Å². The minimum Gasteiger partial charge on any atom is -0.486 e. The van der Waals surface area contributed by atoms with E-state index >= 15 is 0 Å². The van der Waals surface area contributed by atoms with Crippen molar-refractivity contribution in [1.82, 2.24) is 5.32 Å². The predicted octanol–water partition coefficient (Wildman–Crippen LogP) is 2.71. The van der Waals surface area contributed by atoms with E-state index in [0.29, 0.717) is 25.5 Å². The normalized spacial score (nSPS) is 15.5. The minimum absolute atomic E-state index is 0.236. The Morgan fingerprint density at radius 3 is 2.54 bits per heavy atom. The highest BCUT2D eigenvalue weighted by atomic mass is 79.9. The fourth-order valence-electron chi connectivity index (χ4n) is 2.49. The van der Waals surface area contributed by atoms with Gasteiger partial charge >= 0.3 is 0 Å². The van der Waals surface area contributed by atoms with Gasteiger partial charge in [-0.05, 0) is 42.3 Å². The number of benzene rings is 2. The molecular formula is C18H19BrN2O3. The van der Waals surface area contributed by atoms with Crippen LogP contribution in [0.25, 0.3) is 0 Å². The largest absolute Gasteiger partial charge is 0.486 e. The zero-order chi connectivity index (χ0) is 17.2. The molecule has 0 saturated carbocycles. The molecule has 1 heterocycles. The number of carbonyl (C=O) groups is 1. The van der Waals surface area contributed by atoms with Gasteiger partial charge in [0.1, 0.15) is 18.8 Å². The van der Waals surface area contributed by atoms with Crippen LogP contribution in [0.4, 0.5) is 0 Å². The topological polar surface area (TPSA) is 73.6 Å². The Bertz CT molecular complexity index is 744. The highest BCUT2D eigenvalue weighted by molar-refractivity contribution is 9.10. The summed E-state index contributed by atoms with van der Waals surface area (Å²) in [6, 6.07) is 13.1. The third-order valence-electron chi connectivity index (χ3n) is 3.98. The van der Waals surface area contributed by atoms with Crippen LogP contribution in [-0.4, -0.2) is 19.1 Å². The monoisotopic (exact) mass is 390 g/mol. The number of fused-ring (bicyclic) bond motifs is 1. The van der Waals surface area contributed by atoms with Crippen LogP contribution in [0.5, 0.6) is 11.5 Å². The van der Waals surface area contributed by atoms with Gasteiger partial charge in [-0.3, -0.25) is 4.79 Å². The van der Waals surface area contributed by atoms with Crippen LogP contribution in [0, 0.1) is 0 Å². The third kappa shape index (κ3) is 3.55. The van der Waals surface area contributed by atoms with Gasteiger partial charge in [0.15, 0.2) is 11.5 Å². The maximum atomic E-state index is 12.5. The van der Waals surface area contributed by atoms with E-state index < -0.39 is 5.54 Å². The molecule has 1 amide bonds. The van der Waals surface area contributed by atoms with Crippen molar-refractivity contribution >= 4 is 21.8 Å². The molecule has 126 valence electrons. The SMILES string of the molecule is CC(N)(C(=O)NCc1ccc2c(c1)OCCO2)c1ccc(Br)cc1. The summed E-state index contributed by atoms with van der Waals surface area (Å²) in [5, 5.41) is 2.89. The number of nitrogens with two attached hydrogens (primary N) is 1. The van der Waals surface area contributed by atoms with Gasteiger partial charge < -0.3 is 20.5 Å². The molecule has 0 saturated heterocycles. The number of ether oxygens (including phenoxy) is 2. The van der Waals surface area contributed by atoms with Crippen molar-refractivity contribution in [2.75, 3.05) is 13.2 Å². The number of rotatable bonds is 4. The molecule has 1 unspecified atom stereocenters. The lowest BCUT2D eigenvalue weighted by atomic mass is 9.92. The van der Waals surface area contributed by atoms with Crippen LogP contribution in [0.15, 0.2) is 46.9 Å². The predicted molar refractivity (Wildman–Crippen MR) is 95.0 cm³/mol. The number of nitrogens with one attached hydrogen (secondary N) is 1. The van der Waals surface area contributed by atoms with E-state index in [4.69, 9.17) is 15.2 Å². The zero-order valence-electron chi connectivity index (χ0n) is 13.3. The van der Waals surface area contributed by atoms with Crippen LogP contribution < -0.4 is 20.5 Å². The summed E-state index contributed by atoms with van der Waals surface area (Å²) in [4.78, 5) is 12.5. The molecule has 3 rings (SSSR count). The summed E-state index contributed by atoms with van der Waals surface area (Å²) in [5.74, 6) is 1.20. The standard InChI is InChI=1S/C18H19BrN2O3/c1-18(20,13-3-5-14(19)6-4-13)17(22)21-11-12-2-7-15-16(10-12)24-9-8-23-15/h2-7,10H,8-9,11,20H2,1H3,(H,21,22). The Balaban J connectivity index is 1.67. The maximum Gasteiger partial charge on any atom is 0.244 e. The van der Waals surface area contributed by atoms with Crippen LogP contribution >= 0.6 is 15.9 Å². The number of halogens is 1. The molecule has 0 aliphatic carbocycles. The molecule has 0 fully saturated rings. The molecule has 1 aliphatic heterocycles. The van der Waals surface area contributed by atoms with E-state index in [1.807, 2.05) is 42.5 Å². The lowest BCUT2D eigenvalue weighted by molar-refractivity contribution is -0.126. The maximum absolute atomic E-state index is 12.5. The lowest BCUT2D eigenvalue weighted by Gasteiger charge is -2.24. The third-order valence-corrected chi connectivity index (χ3v) is 4.50. The molecule has 6 heteroatoms. The van der Waals surface area contributed by atoms with Crippen molar-refractivity contribution in [3.63, 3.8) is 0 Å². The smallest absolute Gasteiger partial charge is 0.244 e. The molecule has 0 radical (unpaired) electrons. The Morgan fingerprint density at radius 1 is 1.17 bits per heavy atom. The quantitative estimate of drug-likeness (QED) is 0.841. The van der Waals surface area contributed by atoms with Crippen LogP contribution in [-0.2, 0) is 16.9 Å². The summed E-state index contributed by atoms with van der Waals surface area (Å²) in [6.07, 6.45) is 0. The summed E-state index contributed by atoms with van der Waals surface area (Å²) in [5.41, 5.74) is 6.82. The van der Waals surface area contributed by atoms with E-state index in [2.05, 4.69) is 21.2 Å². The Hall–Kier alpha value is -2.05. The second-order valence-electron chi connectivity index (χ2n) is 5.87. The zero-order valence-corrected chi connectivity index (χ0v) is 14.9. The number of hydrogen-bond donors (Lipinski definition) is 2. The van der Waals surface area contributed by atoms with Crippen molar-refractivity contribution in [2.24, 2.45) is 5.73 Å². The van der Waals surface area contributed by atoms with Gasteiger partial charge in [-0.15, -0.1) is 0 Å². The van der Waals surface area contributed by atoms with E-state index in [1.165, 1.54) is 0 Å². The van der Waals surface area contributed by atoms with Crippen molar-refractivity contribution in [3.8, 4) is 11.5 Å². The molecule has 5 nitrogen and oxygen atoms in total. The number of carbonyl (C=O) groups excluding carboxylic acids is 1. The Morgan fingerprint density at radius 2 is 1.83 bits per heavy atom. The second kappa shape index (κ2) is 6.83. The van der Waals surface area contributed by atoms with E-state index in [0.717, 1.165) is 21.3 Å². The first kappa shape index (κ1) is 16.8. The number of amides is 1. The highest BCUT2D eigenvalue weighted by Gasteiger charge is 2.30. The first-order valence-corrected chi connectivity index (χ1v) is 8.48. The minimum atomic E-state index is -1.10. The molecule has 0 aromatic heterocycles. The molecule has 3 N–H and O–H groups in total. The van der Waals surface area contributed by atoms with E-state index in [9.17, 15) is 4.79 Å². The fraction of sp³-hybridized carbons (Fsp3) is 0.278. The van der Waals surface area contributed by atoms with Crippen molar-refractivity contribution in [2.45, 2.75) is 19.0 Å². The van der Waals surface area contributed by atoms with Crippen molar-refractivity contribution in [3.05, 3.63) is 58.1 Å². The second-order valence-corrected chi connectivity index (χ2v) is 6.79. The number of hydrogen-bond acceptors (Lipinski definition) is 4. The Labute approximate surface area is 149 Å². The summed E-state index contributed by atoms with van der Waals surface area (Å²) >= 11 is 3.38. The fourth-order valence-corrected chi connectivity index (χ4v) is 2.76. The molecule has 1 aliphatic rings. The van der Waals surface area contributed by atoms with Gasteiger partial charge in [0.05, 0.1) is 0 Å². The Kier molecular flexibility index (Phi) is 4.78. The summed E-state index contributed by atoms with van der Waals surface area (Å²) < 4.78 is 12.0. The van der Waals surface area contributed by atoms with Crippen LogP contribution in [0.2, 0.25) is 0 Å². The molecule has 24 heavy (non-hydrogen) atoms. The molecule has 0 spiro atoms. The van der Waals surface area contributed by atoms with Crippen molar-refractivity contribution in [1.29, 1.82) is 0 Å². The highest BCUT2D eigenvalue weighted by Crippen LogP contribution is 2.30. The molecule has 0 bridgehead atoms. The first-order chi connectivity index (χ1) is 11.5. The summed E-state index contributed by atoms with van der Waals surface area (Å²) in [7, 11) is 0. The first-order valence-electron chi connectivity index (χ1n) is 7.68. The van der Waals surface area contributed by atoms with Gasteiger partial charge in [0, 0.05) is 11.0 Å². The van der Waals surface area contributed by atoms with Gasteiger partial charge in [-0.2, -0.15) is 0 Å². The van der Waals surface area contributed by atoms with E-state index in [1.54, 1.807) is 6.92 Å². The van der Waals surface area contributed by atoms with Gasteiger partial charge in [0.2, 0.25) is 5.91 Å². The van der Waals surface area contributed by atoms with Crippen molar-refractivity contribution < 1.29 is 14.3 Å². The average molecular weight is 391 g/mol.